The molecular weight excluding hydrogens is 456 g/mol. The van der Waals surface area contributed by atoms with Crippen molar-refractivity contribution in [2.45, 2.75) is 41.5 Å². The minimum atomic E-state index is -1.19. The van der Waals surface area contributed by atoms with Crippen LogP contribution in [0.1, 0.15) is 57.6 Å². The van der Waals surface area contributed by atoms with Gasteiger partial charge in [-0.15, -0.1) is 0 Å². The first-order chi connectivity index (χ1) is 15.0. The first-order valence-corrected chi connectivity index (χ1v) is 9.94. The summed E-state index contributed by atoms with van der Waals surface area (Å²) in [6, 6.07) is 2.90. The number of carboxylic acids is 2. The Morgan fingerprint density at radius 1 is 0.606 bits per heavy atom. The van der Waals surface area contributed by atoms with Crippen LogP contribution in [0.5, 0.6) is 0 Å². The molecule has 2 heterocycles. The number of furan rings is 2. The molecule has 0 N–H and O–H groups in total. The van der Waals surface area contributed by atoms with Crippen molar-refractivity contribution in [1.82, 2.24) is 0 Å². The maximum Gasteiger partial charge on any atom is 4.00 e. The minimum absolute atomic E-state index is 0. The second kappa shape index (κ2) is 15.9. The zero-order valence-corrected chi connectivity index (χ0v) is 21.3. The molecule has 0 saturated heterocycles. The molecule has 33 heavy (non-hydrogen) atoms. The third-order valence-corrected chi connectivity index (χ3v) is 4.18. The Balaban J connectivity index is 0.000000420. The second-order valence-corrected chi connectivity index (χ2v) is 7.15. The largest absolute Gasteiger partial charge is 4.00 e. The molecule has 0 atom stereocenters. The van der Waals surface area contributed by atoms with Crippen molar-refractivity contribution < 1.29 is 50.4 Å². The second-order valence-electron chi connectivity index (χ2n) is 7.15. The summed E-state index contributed by atoms with van der Waals surface area (Å²) in [5.74, 6) is 2.30. The predicted octanol–water partition coefficient (Wildman–Crippen LogP) is 3.34. The van der Waals surface area contributed by atoms with Crippen molar-refractivity contribution >= 4 is 11.9 Å². The molecule has 0 spiro atoms. The molecular formula is C26H28O6Ti+2. The van der Waals surface area contributed by atoms with Crippen LogP contribution in [0.3, 0.4) is 0 Å². The van der Waals surface area contributed by atoms with E-state index in [0.29, 0.717) is 23.0 Å². The van der Waals surface area contributed by atoms with Crippen LogP contribution in [-0.4, -0.2) is 11.9 Å². The van der Waals surface area contributed by atoms with Crippen molar-refractivity contribution in [2.24, 2.45) is 0 Å². The van der Waals surface area contributed by atoms with Gasteiger partial charge >= 0.3 is 21.7 Å². The van der Waals surface area contributed by atoms with E-state index in [9.17, 15) is 19.8 Å². The van der Waals surface area contributed by atoms with E-state index in [1.54, 1.807) is 27.7 Å². The van der Waals surface area contributed by atoms with Crippen LogP contribution in [0, 0.1) is 90.9 Å². The Kier molecular flexibility index (Phi) is 15.1. The fourth-order valence-electron chi connectivity index (χ4n) is 2.61. The molecule has 0 unspecified atom stereocenters. The van der Waals surface area contributed by atoms with Crippen molar-refractivity contribution in [3.8, 4) is 0 Å². The monoisotopic (exact) mass is 484 g/mol. The van der Waals surface area contributed by atoms with E-state index >= 15 is 0 Å². The summed E-state index contributed by atoms with van der Waals surface area (Å²) in [6.45, 7) is 10.7. The maximum absolute atomic E-state index is 10.3. The fourth-order valence-corrected chi connectivity index (χ4v) is 2.61. The van der Waals surface area contributed by atoms with Crippen LogP contribution in [-0.2, 0) is 21.7 Å². The van der Waals surface area contributed by atoms with Crippen LogP contribution in [0.15, 0.2) is 21.0 Å². The summed E-state index contributed by atoms with van der Waals surface area (Å²) in [4.78, 5) is 20.5. The molecule has 2 saturated carbocycles. The standard InChI is InChI=1S/2C7H8O3.2C6H7.Ti/c2*1-4-3-6(7(8)9)5(2)10-4;2*1-6-4-2-3-5-6;/h2*3H,1-2H3,(H,8,9);2*2-5H,1H3;/q;;;;+4/p-2. The number of carbonyl (C=O) groups excluding carboxylic acids is 2. The minimum Gasteiger partial charge on any atom is -0.545 e. The molecule has 7 heteroatoms. The third-order valence-electron chi connectivity index (χ3n) is 4.18. The molecule has 170 valence electrons. The summed E-state index contributed by atoms with van der Waals surface area (Å²) in [7, 11) is 0. The summed E-state index contributed by atoms with van der Waals surface area (Å²) in [6.07, 6.45) is 16.5. The van der Waals surface area contributed by atoms with Gasteiger partial charge in [0.1, 0.15) is 23.0 Å². The first-order valence-electron chi connectivity index (χ1n) is 9.94. The number of aromatic carboxylic acids is 2. The molecule has 2 aliphatic rings. The van der Waals surface area contributed by atoms with E-state index < -0.39 is 11.9 Å². The first kappa shape index (κ1) is 31.2. The smallest absolute Gasteiger partial charge is 0.545 e. The Morgan fingerprint density at radius 2 is 0.879 bits per heavy atom. The number of hydrogen-bond acceptors (Lipinski definition) is 6. The number of rotatable bonds is 2. The van der Waals surface area contributed by atoms with Gasteiger partial charge in [-0.2, -0.15) is 0 Å². The van der Waals surface area contributed by atoms with Gasteiger partial charge in [0.25, 0.3) is 0 Å². The topological polar surface area (TPSA) is 107 Å². The Labute approximate surface area is 213 Å². The van der Waals surface area contributed by atoms with Crippen LogP contribution in [0.2, 0.25) is 0 Å². The average molecular weight is 484 g/mol. The van der Waals surface area contributed by atoms with E-state index in [0.717, 1.165) is 0 Å². The van der Waals surface area contributed by atoms with Gasteiger partial charge in [0.05, 0.1) is 11.9 Å². The van der Waals surface area contributed by atoms with E-state index in [4.69, 9.17) is 8.83 Å². The van der Waals surface area contributed by atoms with Gasteiger partial charge in [0.2, 0.25) is 0 Å². The summed E-state index contributed by atoms with van der Waals surface area (Å²) < 4.78 is 9.91. The number of carbonyl (C=O) groups is 2. The molecule has 10 radical (unpaired) electrons. The molecule has 2 aromatic rings. The predicted molar refractivity (Wildman–Crippen MR) is 117 cm³/mol. The van der Waals surface area contributed by atoms with Gasteiger partial charge in [0.15, 0.2) is 0 Å². The fraction of sp³-hybridized carbons (Fsp3) is 0.231. The van der Waals surface area contributed by atoms with Crippen LogP contribution in [0.25, 0.3) is 0 Å². The molecule has 4 rings (SSSR count). The summed E-state index contributed by atoms with van der Waals surface area (Å²) in [5.41, 5.74) is 0.273. The van der Waals surface area contributed by atoms with Gasteiger partial charge in [-0.1, -0.05) is 13.8 Å². The van der Waals surface area contributed by atoms with E-state index in [2.05, 4.69) is 39.5 Å². The van der Waals surface area contributed by atoms with Gasteiger partial charge in [0, 0.05) is 11.1 Å². The molecule has 0 bridgehead atoms. The zero-order chi connectivity index (χ0) is 24.3. The molecule has 0 amide bonds. The van der Waals surface area contributed by atoms with Gasteiger partial charge in [-0.05, 0) is 103 Å². The maximum atomic E-state index is 10.3. The quantitative estimate of drug-likeness (QED) is 0.606. The van der Waals surface area contributed by atoms with E-state index in [1.807, 2.05) is 25.7 Å². The normalized spacial score (nSPS) is 15.2. The average Bonchev–Trinajstić information content (AvgIpc) is 3.48. The zero-order valence-electron chi connectivity index (χ0n) is 19.7. The van der Waals surface area contributed by atoms with Crippen molar-refractivity contribution in [1.29, 1.82) is 0 Å². The molecule has 2 aromatic heterocycles. The summed E-state index contributed by atoms with van der Waals surface area (Å²) >= 11 is 0. The van der Waals surface area contributed by atoms with Crippen LogP contribution in [0.4, 0.5) is 0 Å². The summed E-state index contributed by atoms with van der Waals surface area (Å²) in [5, 5.41) is 20.5. The molecule has 2 aliphatic carbocycles. The Morgan fingerprint density at radius 3 is 0.970 bits per heavy atom. The Bertz CT molecular complexity index is 769. The number of aryl methyl sites for hydroxylation is 4. The van der Waals surface area contributed by atoms with E-state index in [-0.39, 0.29) is 32.8 Å². The van der Waals surface area contributed by atoms with Crippen molar-refractivity contribution in [2.75, 3.05) is 0 Å². The SMILES string of the molecule is C[C]1[CH][CH][CH][CH]1.C[C]1[CH][CH][CH][CH]1.Cc1cc(C(=O)[O-])c(C)o1.Cc1cc(C(=O)[O-])c(C)o1.[Ti+4]. The third kappa shape index (κ3) is 12.3. The number of carboxylic acid groups (broad SMARTS) is 2. The van der Waals surface area contributed by atoms with E-state index in [1.165, 1.54) is 24.0 Å². The van der Waals surface area contributed by atoms with Crippen molar-refractivity contribution in [3.63, 3.8) is 0 Å². The molecule has 0 aromatic carbocycles. The van der Waals surface area contributed by atoms with Gasteiger partial charge < -0.3 is 28.6 Å². The van der Waals surface area contributed by atoms with Gasteiger partial charge in [-0.3, -0.25) is 0 Å². The number of hydrogen-bond donors (Lipinski definition) is 0. The molecule has 2 fully saturated rings. The molecule has 0 aliphatic heterocycles. The van der Waals surface area contributed by atoms with Crippen molar-refractivity contribution in [3.05, 3.63) is 110 Å². The van der Waals surface area contributed by atoms with Crippen LogP contribution < -0.4 is 10.2 Å². The Hall–Kier alpha value is -1.79. The van der Waals surface area contributed by atoms with Crippen LogP contribution >= 0.6 is 0 Å². The molecule has 6 nitrogen and oxygen atoms in total. The van der Waals surface area contributed by atoms with Gasteiger partial charge in [-0.25, -0.2) is 0 Å².